The molecule has 2 aromatic carbocycles. The summed E-state index contributed by atoms with van der Waals surface area (Å²) in [6.07, 6.45) is 2.93. The van der Waals surface area contributed by atoms with Gasteiger partial charge in [-0.25, -0.2) is 9.97 Å². The van der Waals surface area contributed by atoms with Crippen LogP contribution in [-0.2, 0) is 11.3 Å². The Labute approximate surface area is 183 Å². The number of hydrogen-bond acceptors (Lipinski definition) is 6. The lowest BCUT2D eigenvalue weighted by atomic mass is 9.81. The van der Waals surface area contributed by atoms with Crippen LogP contribution < -0.4 is 5.32 Å². The van der Waals surface area contributed by atoms with Crippen LogP contribution in [0.2, 0.25) is 0 Å². The Morgan fingerprint density at radius 3 is 2.52 bits per heavy atom. The molecule has 1 aliphatic carbocycles. The fourth-order valence-corrected chi connectivity index (χ4v) is 5.43. The Hall–Kier alpha value is -3.19. The van der Waals surface area contributed by atoms with Crippen molar-refractivity contribution in [1.29, 1.82) is 0 Å². The molecule has 0 aliphatic heterocycles. The van der Waals surface area contributed by atoms with Gasteiger partial charge in [0.2, 0.25) is 0 Å². The van der Waals surface area contributed by atoms with Crippen LogP contribution in [0.3, 0.4) is 0 Å². The first-order chi connectivity index (χ1) is 15.1. The van der Waals surface area contributed by atoms with Gasteiger partial charge in [-0.15, -0.1) is 11.3 Å². The number of aromatic hydroxyl groups is 1. The molecule has 0 unspecified atom stereocenters. The second-order valence-corrected chi connectivity index (χ2v) is 9.15. The van der Waals surface area contributed by atoms with E-state index in [9.17, 15) is 15.0 Å². The van der Waals surface area contributed by atoms with Gasteiger partial charge >= 0.3 is 5.97 Å². The highest BCUT2D eigenvalue weighted by Crippen LogP contribution is 2.40. The summed E-state index contributed by atoms with van der Waals surface area (Å²) in [5.41, 5.74) is 1.05. The van der Waals surface area contributed by atoms with Crippen molar-refractivity contribution < 1.29 is 15.0 Å². The minimum atomic E-state index is -0.699. The zero-order chi connectivity index (χ0) is 21.4. The molecular formula is C24H23N3O3S. The van der Waals surface area contributed by atoms with Gasteiger partial charge in [-0.05, 0) is 49.4 Å². The molecule has 0 radical (unpaired) electrons. The number of benzene rings is 2. The number of aliphatic carboxylic acids is 1. The van der Waals surface area contributed by atoms with Crippen molar-refractivity contribution in [2.24, 2.45) is 5.92 Å². The lowest BCUT2D eigenvalue weighted by Crippen LogP contribution is -2.21. The molecule has 1 aliphatic rings. The largest absolute Gasteiger partial charge is 0.508 e. The Morgan fingerprint density at radius 1 is 1.03 bits per heavy atom. The number of nitrogens with one attached hydrogen (secondary N) is 1. The topological polar surface area (TPSA) is 95.3 Å². The molecular weight excluding hydrogens is 410 g/mol. The van der Waals surface area contributed by atoms with Gasteiger partial charge in [0.05, 0.1) is 11.3 Å². The summed E-state index contributed by atoms with van der Waals surface area (Å²) in [5, 5.41) is 24.5. The van der Waals surface area contributed by atoms with Crippen LogP contribution in [0.25, 0.3) is 20.3 Å². The maximum Gasteiger partial charge on any atom is 0.306 e. The van der Waals surface area contributed by atoms with E-state index in [-0.39, 0.29) is 17.6 Å². The van der Waals surface area contributed by atoms with Crippen molar-refractivity contribution in [1.82, 2.24) is 9.97 Å². The molecule has 158 valence electrons. The summed E-state index contributed by atoms with van der Waals surface area (Å²) in [4.78, 5) is 22.1. The molecule has 0 saturated heterocycles. The van der Waals surface area contributed by atoms with Crippen LogP contribution in [-0.4, -0.2) is 26.2 Å². The first-order valence-corrected chi connectivity index (χ1v) is 11.3. The average molecular weight is 434 g/mol. The number of carboxylic acids is 1. The molecule has 0 bridgehead atoms. The van der Waals surface area contributed by atoms with Crippen LogP contribution >= 0.6 is 11.3 Å². The smallest absolute Gasteiger partial charge is 0.306 e. The molecule has 0 amide bonds. The van der Waals surface area contributed by atoms with Gasteiger partial charge in [0.15, 0.2) is 0 Å². The first-order valence-electron chi connectivity index (χ1n) is 10.5. The highest BCUT2D eigenvalue weighted by atomic mass is 32.1. The maximum absolute atomic E-state index is 11.3. The van der Waals surface area contributed by atoms with E-state index in [1.54, 1.807) is 23.5 Å². The Bertz CT molecular complexity index is 1240. The number of thiophene rings is 1. The molecule has 0 spiro atoms. The fraction of sp³-hybridized carbons (Fsp3) is 0.292. The molecule has 3 N–H and O–H groups in total. The average Bonchev–Trinajstić information content (AvgIpc) is 3.17. The van der Waals surface area contributed by atoms with Crippen LogP contribution in [0.15, 0.2) is 48.5 Å². The second-order valence-electron chi connectivity index (χ2n) is 8.12. The Kier molecular flexibility index (Phi) is 5.19. The zero-order valence-corrected chi connectivity index (χ0v) is 17.7. The Morgan fingerprint density at radius 2 is 1.77 bits per heavy atom. The molecule has 6 nitrogen and oxygen atoms in total. The van der Waals surface area contributed by atoms with Crippen LogP contribution in [0.5, 0.6) is 5.75 Å². The summed E-state index contributed by atoms with van der Waals surface area (Å²) in [7, 11) is 0. The van der Waals surface area contributed by atoms with Gasteiger partial charge in [0.1, 0.15) is 22.2 Å². The summed E-state index contributed by atoms with van der Waals surface area (Å²) < 4.78 is 1.17. The fourth-order valence-electron chi connectivity index (χ4n) is 4.35. The molecule has 5 rings (SSSR count). The first kappa shape index (κ1) is 19.8. The van der Waals surface area contributed by atoms with E-state index < -0.39 is 5.97 Å². The van der Waals surface area contributed by atoms with E-state index in [0.29, 0.717) is 19.4 Å². The van der Waals surface area contributed by atoms with E-state index in [1.807, 2.05) is 24.3 Å². The minimum Gasteiger partial charge on any atom is -0.508 e. The highest BCUT2D eigenvalue weighted by molar-refractivity contribution is 7.25. The third kappa shape index (κ3) is 3.93. The highest BCUT2D eigenvalue weighted by Gasteiger charge is 2.29. The van der Waals surface area contributed by atoms with Gasteiger partial charge in [-0.3, -0.25) is 4.79 Å². The molecule has 7 heteroatoms. The molecule has 31 heavy (non-hydrogen) atoms. The van der Waals surface area contributed by atoms with E-state index in [1.165, 1.54) is 4.70 Å². The number of aromatic nitrogens is 2. The molecule has 4 aromatic rings. The van der Waals surface area contributed by atoms with E-state index in [2.05, 4.69) is 17.4 Å². The predicted molar refractivity (Wildman–Crippen MR) is 123 cm³/mol. The van der Waals surface area contributed by atoms with E-state index in [0.717, 1.165) is 45.7 Å². The van der Waals surface area contributed by atoms with Gasteiger partial charge in [0, 0.05) is 22.5 Å². The predicted octanol–water partition coefficient (Wildman–Crippen LogP) is 5.52. The number of rotatable bonds is 5. The minimum absolute atomic E-state index is 0.180. The third-order valence-corrected chi connectivity index (χ3v) is 7.16. The maximum atomic E-state index is 11.3. The van der Waals surface area contributed by atoms with Crippen molar-refractivity contribution in [2.75, 3.05) is 5.32 Å². The number of anilines is 1. The van der Waals surface area contributed by atoms with Crippen molar-refractivity contribution in [2.45, 2.75) is 38.1 Å². The molecule has 2 aromatic heterocycles. The number of fused-ring (bicyclic) bond motifs is 3. The summed E-state index contributed by atoms with van der Waals surface area (Å²) in [6, 6.07) is 15.4. The van der Waals surface area contributed by atoms with E-state index in [4.69, 9.17) is 9.97 Å². The van der Waals surface area contributed by atoms with Gasteiger partial charge in [-0.1, -0.05) is 30.3 Å². The van der Waals surface area contributed by atoms with Gasteiger partial charge < -0.3 is 15.5 Å². The number of carboxylic acid groups (broad SMARTS) is 1. The van der Waals surface area contributed by atoms with Crippen molar-refractivity contribution >= 4 is 43.4 Å². The quantitative estimate of drug-likeness (QED) is 0.383. The summed E-state index contributed by atoms with van der Waals surface area (Å²) in [5.74, 6) is 1.09. The lowest BCUT2D eigenvalue weighted by Gasteiger charge is -2.25. The molecule has 1 fully saturated rings. The third-order valence-electron chi connectivity index (χ3n) is 6.09. The Balaban J connectivity index is 1.51. The van der Waals surface area contributed by atoms with Crippen molar-refractivity contribution in [3.63, 3.8) is 0 Å². The molecule has 0 atom stereocenters. The van der Waals surface area contributed by atoms with E-state index >= 15 is 0 Å². The number of nitrogens with zero attached hydrogens (tertiary/aromatic N) is 2. The van der Waals surface area contributed by atoms with Crippen molar-refractivity contribution in [3.05, 3.63) is 59.9 Å². The normalized spacial score (nSPS) is 19.0. The van der Waals surface area contributed by atoms with Crippen molar-refractivity contribution in [3.8, 4) is 5.75 Å². The SMILES string of the molecule is O=C(O)C1CCC(c2nc(NCc3ccc(O)cc3)c3c(n2)sc2ccccc23)CC1. The monoisotopic (exact) mass is 433 g/mol. The standard InChI is InChI=1S/C24H23N3O3S/c28-17-11-5-14(6-12-17)13-25-22-20-18-3-1-2-4-19(18)31-23(20)27-21(26-22)15-7-9-16(10-8-15)24(29)30/h1-6,11-12,15-16,28H,7-10,13H2,(H,29,30)(H,25,26,27). The number of phenolic OH excluding ortho intramolecular Hbond substituents is 1. The zero-order valence-electron chi connectivity index (χ0n) is 16.9. The number of hydrogen-bond donors (Lipinski definition) is 3. The number of carbonyl (C=O) groups is 1. The van der Waals surface area contributed by atoms with Gasteiger partial charge in [0.25, 0.3) is 0 Å². The molecule has 2 heterocycles. The van der Waals surface area contributed by atoms with Crippen LogP contribution in [0.1, 0.15) is 43.0 Å². The van der Waals surface area contributed by atoms with Crippen LogP contribution in [0, 0.1) is 5.92 Å². The second kappa shape index (κ2) is 8.15. The van der Waals surface area contributed by atoms with Gasteiger partial charge in [-0.2, -0.15) is 0 Å². The lowest BCUT2D eigenvalue weighted by molar-refractivity contribution is -0.142. The summed E-state index contributed by atoms with van der Waals surface area (Å²) in [6.45, 7) is 0.585. The molecule has 1 saturated carbocycles. The van der Waals surface area contributed by atoms with Crippen LogP contribution in [0.4, 0.5) is 5.82 Å². The summed E-state index contributed by atoms with van der Waals surface area (Å²) >= 11 is 1.66. The number of phenols is 1.